The summed E-state index contributed by atoms with van der Waals surface area (Å²) in [6.07, 6.45) is 2.38. The average molecular weight is 450 g/mol. The number of amides is 1. The number of carbonyl (C=O) groups is 1. The van der Waals surface area contributed by atoms with Gasteiger partial charge in [0.05, 0.1) is 14.2 Å². The first kappa shape index (κ1) is 25.8. The number of ether oxygens (including phenoxy) is 3. The predicted molar refractivity (Wildman–Crippen MR) is 118 cm³/mol. The van der Waals surface area contributed by atoms with Crippen molar-refractivity contribution in [1.82, 2.24) is 15.5 Å². The average Bonchev–Trinajstić information content (AvgIpc) is 3.14. The summed E-state index contributed by atoms with van der Waals surface area (Å²) in [6, 6.07) is 6.10. The van der Waals surface area contributed by atoms with Gasteiger partial charge in [-0.1, -0.05) is 0 Å². The second-order valence-corrected chi connectivity index (χ2v) is 7.36. The van der Waals surface area contributed by atoms with E-state index in [4.69, 9.17) is 14.2 Å². The number of hydrogen-bond acceptors (Lipinski definition) is 6. The Morgan fingerprint density at radius 3 is 2.31 bits per heavy atom. The van der Waals surface area contributed by atoms with E-state index < -0.39 is 5.60 Å². The first-order valence-electron chi connectivity index (χ1n) is 9.59. The maximum absolute atomic E-state index is 12.8. The summed E-state index contributed by atoms with van der Waals surface area (Å²) < 4.78 is 16.3. The van der Waals surface area contributed by atoms with Crippen molar-refractivity contribution in [3.8, 4) is 11.5 Å². The van der Waals surface area contributed by atoms with E-state index in [0.717, 1.165) is 69.0 Å². The molecule has 0 saturated carbocycles. The number of methoxy groups -OCH3 is 3. The molecule has 1 atom stereocenters. The Bertz CT molecular complexity index is 634. The number of carbonyl (C=O) groups excluding carboxylic acids is 1. The van der Waals surface area contributed by atoms with Gasteiger partial charge in [-0.25, -0.2) is 0 Å². The minimum absolute atomic E-state index is 0. The van der Waals surface area contributed by atoms with E-state index in [-0.39, 0.29) is 36.8 Å². The van der Waals surface area contributed by atoms with E-state index in [0.29, 0.717) is 0 Å². The van der Waals surface area contributed by atoms with Crippen LogP contribution in [0.3, 0.4) is 0 Å². The Balaban J connectivity index is 0.00000210. The highest BCUT2D eigenvalue weighted by Crippen LogP contribution is 2.26. The van der Waals surface area contributed by atoms with Crippen LogP contribution in [0.25, 0.3) is 0 Å². The van der Waals surface area contributed by atoms with Crippen molar-refractivity contribution in [3.05, 3.63) is 23.8 Å². The van der Waals surface area contributed by atoms with E-state index >= 15 is 0 Å². The van der Waals surface area contributed by atoms with Crippen LogP contribution >= 0.6 is 24.8 Å². The lowest BCUT2D eigenvalue weighted by Gasteiger charge is -2.35. The van der Waals surface area contributed by atoms with Crippen LogP contribution < -0.4 is 20.1 Å². The van der Waals surface area contributed by atoms with Gasteiger partial charge in [0, 0.05) is 38.9 Å². The third-order valence-electron chi connectivity index (χ3n) is 5.64. The molecule has 0 aliphatic carbocycles. The monoisotopic (exact) mass is 449 g/mol. The predicted octanol–water partition coefficient (Wildman–Crippen LogP) is 2.01. The minimum atomic E-state index is -0.682. The molecule has 2 N–H and O–H groups in total. The second-order valence-electron chi connectivity index (χ2n) is 7.36. The number of rotatable bonds is 7. The molecule has 7 nitrogen and oxygen atoms in total. The molecule has 1 aromatic carbocycles. The van der Waals surface area contributed by atoms with Crippen LogP contribution in [0.5, 0.6) is 11.5 Å². The molecule has 2 aliphatic rings. The van der Waals surface area contributed by atoms with Crippen LogP contribution in [-0.2, 0) is 16.1 Å². The van der Waals surface area contributed by atoms with Gasteiger partial charge in [0.15, 0.2) is 0 Å². The Labute approximate surface area is 185 Å². The van der Waals surface area contributed by atoms with E-state index in [9.17, 15) is 4.79 Å². The molecule has 3 rings (SSSR count). The third kappa shape index (κ3) is 6.36. The molecule has 0 spiro atoms. The van der Waals surface area contributed by atoms with Gasteiger partial charge in [-0.3, -0.25) is 9.69 Å². The van der Waals surface area contributed by atoms with Crippen molar-refractivity contribution in [2.45, 2.75) is 37.5 Å². The smallest absolute Gasteiger partial charge is 0.252 e. The highest BCUT2D eigenvalue weighted by molar-refractivity contribution is 5.86. The van der Waals surface area contributed by atoms with Crippen LogP contribution in [-0.4, -0.2) is 70.0 Å². The number of nitrogens with zero attached hydrogens (tertiary/aromatic N) is 1. The fourth-order valence-electron chi connectivity index (χ4n) is 3.98. The van der Waals surface area contributed by atoms with Gasteiger partial charge >= 0.3 is 0 Å². The first-order valence-corrected chi connectivity index (χ1v) is 9.59. The largest absolute Gasteiger partial charge is 0.497 e. The Kier molecular flexibility index (Phi) is 10.5. The fourth-order valence-corrected chi connectivity index (χ4v) is 3.98. The summed E-state index contributed by atoms with van der Waals surface area (Å²) in [5, 5.41) is 6.51. The topological polar surface area (TPSA) is 72.1 Å². The van der Waals surface area contributed by atoms with Crippen LogP contribution in [0, 0.1) is 0 Å². The molecule has 166 valence electrons. The van der Waals surface area contributed by atoms with Crippen molar-refractivity contribution >= 4 is 30.7 Å². The van der Waals surface area contributed by atoms with Crippen molar-refractivity contribution in [1.29, 1.82) is 0 Å². The number of nitrogens with one attached hydrogen (secondary N) is 2. The molecular weight excluding hydrogens is 417 g/mol. The van der Waals surface area contributed by atoms with Gasteiger partial charge in [0.2, 0.25) is 0 Å². The van der Waals surface area contributed by atoms with Crippen molar-refractivity contribution in [3.63, 3.8) is 0 Å². The second kappa shape index (κ2) is 11.8. The fraction of sp³-hybridized carbons (Fsp3) is 0.650. The van der Waals surface area contributed by atoms with E-state index in [1.54, 1.807) is 21.3 Å². The van der Waals surface area contributed by atoms with Crippen LogP contribution in [0.4, 0.5) is 0 Å². The summed E-state index contributed by atoms with van der Waals surface area (Å²) >= 11 is 0. The lowest BCUT2D eigenvalue weighted by Crippen LogP contribution is -2.56. The van der Waals surface area contributed by atoms with Gasteiger partial charge in [-0.15, -0.1) is 24.8 Å². The zero-order valence-electron chi connectivity index (χ0n) is 17.4. The molecule has 1 aromatic rings. The standard InChI is InChI=1S/C20H31N3O4.2ClH/c1-25-17-10-15(11-18(12-17)26-2)13-23-9-4-16(14-23)22-19(24)20(27-3)5-7-21-8-6-20;;/h10-12,16,21H,4-9,13-14H2,1-3H3,(H,22,24);2*1H. The van der Waals surface area contributed by atoms with Crippen LogP contribution in [0.1, 0.15) is 24.8 Å². The van der Waals surface area contributed by atoms with Crippen LogP contribution in [0.2, 0.25) is 0 Å². The zero-order chi connectivity index (χ0) is 19.3. The van der Waals surface area contributed by atoms with E-state index in [1.807, 2.05) is 18.2 Å². The lowest BCUT2D eigenvalue weighted by molar-refractivity contribution is -0.147. The molecule has 2 heterocycles. The molecule has 9 heteroatoms. The maximum atomic E-state index is 12.8. The van der Waals surface area contributed by atoms with Gasteiger partial charge in [0.1, 0.15) is 17.1 Å². The van der Waals surface area contributed by atoms with Gasteiger partial charge < -0.3 is 24.8 Å². The highest BCUT2D eigenvalue weighted by Gasteiger charge is 2.41. The van der Waals surface area contributed by atoms with Gasteiger partial charge in [-0.2, -0.15) is 0 Å². The number of halogens is 2. The molecule has 2 fully saturated rings. The Morgan fingerprint density at radius 2 is 1.76 bits per heavy atom. The molecule has 0 radical (unpaired) electrons. The summed E-state index contributed by atoms with van der Waals surface area (Å²) in [5.74, 6) is 1.61. The number of benzene rings is 1. The molecule has 29 heavy (non-hydrogen) atoms. The summed E-state index contributed by atoms with van der Waals surface area (Å²) in [4.78, 5) is 15.2. The summed E-state index contributed by atoms with van der Waals surface area (Å²) in [7, 11) is 4.96. The Morgan fingerprint density at radius 1 is 1.14 bits per heavy atom. The van der Waals surface area contributed by atoms with Crippen molar-refractivity contribution in [2.75, 3.05) is 47.5 Å². The lowest BCUT2D eigenvalue weighted by atomic mass is 9.90. The number of likely N-dealkylation sites (tertiary alicyclic amines) is 1. The molecule has 1 unspecified atom stereocenters. The maximum Gasteiger partial charge on any atom is 0.252 e. The van der Waals surface area contributed by atoms with Crippen molar-refractivity contribution in [2.24, 2.45) is 0 Å². The Hall–Kier alpha value is -1.25. The molecule has 2 aliphatic heterocycles. The first-order chi connectivity index (χ1) is 13.1. The van der Waals surface area contributed by atoms with E-state index in [1.165, 1.54) is 0 Å². The van der Waals surface area contributed by atoms with Crippen LogP contribution in [0.15, 0.2) is 18.2 Å². The highest BCUT2D eigenvalue weighted by atomic mass is 35.5. The minimum Gasteiger partial charge on any atom is -0.497 e. The van der Waals surface area contributed by atoms with Gasteiger partial charge in [0.25, 0.3) is 5.91 Å². The molecular formula is C20H33Cl2N3O4. The normalized spacial score (nSPS) is 20.9. The summed E-state index contributed by atoms with van der Waals surface area (Å²) in [6.45, 7) is 4.22. The molecule has 1 amide bonds. The quantitative estimate of drug-likeness (QED) is 0.663. The SMILES string of the molecule is COc1cc(CN2CCC(NC(=O)C3(OC)CCNCC3)C2)cc(OC)c1.Cl.Cl. The van der Waals surface area contributed by atoms with E-state index in [2.05, 4.69) is 15.5 Å². The molecule has 0 bridgehead atoms. The summed E-state index contributed by atoms with van der Waals surface area (Å²) in [5.41, 5.74) is 0.462. The number of piperidine rings is 1. The zero-order valence-corrected chi connectivity index (χ0v) is 19.0. The molecule has 2 saturated heterocycles. The molecule has 0 aromatic heterocycles. The number of hydrogen-bond donors (Lipinski definition) is 2. The van der Waals surface area contributed by atoms with Crippen molar-refractivity contribution < 1.29 is 19.0 Å². The third-order valence-corrected chi connectivity index (χ3v) is 5.64. The van der Waals surface area contributed by atoms with Gasteiger partial charge in [-0.05, 0) is 50.0 Å².